The number of halogens is 2. The van der Waals surface area contributed by atoms with Crippen LogP contribution in [0.4, 0.5) is 5.82 Å². The summed E-state index contributed by atoms with van der Waals surface area (Å²) in [4.78, 5) is 32.6. The minimum absolute atomic E-state index is 0.0492. The van der Waals surface area contributed by atoms with E-state index in [4.69, 9.17) is 23.2 Å². The molecule has 0 radical (unpaired) electrons. The number of rotatable bonds is 7. The van der Waals surface area contributed by atoms with Crippen molar-refractivity contribution in [2.45, 2.75) is 13.0 Å². The molecule has 0 saturated carbocycles. The van der Waals surface area contributed by atoms with Gasteiger partial charge in [0.2, 0.25) is 5.91 Å². The average molecular weight is 575 g/mol. The standard InChI is InChI=1S/C31H29Cl2N5O2/c1-22(23-9-3-2-4-10-23)38(31(40)25-12-6-8-14-27(25)33)21-30(39)37-19-17-36(18-20-37)29-16-15-28(34-35-29)24-11-5-7-13-26(24)32/h2-16,22H,17-21H2,1H3/t22-/m0/s1. The third kappa shape index (κ3) is 6.11. The number of amides is 2. The number of nitrogens with zero attached hydrogens (tertiary/aromatic N) is 5. The second-order valence-electron chi connectivity index (χ2n) is 9.62. The smallest absolute Gasteiger partial charge is 0.256 e. The molecule has 1 aliphatic rings. The van der Waals surface area contributed by atoms with Crippen LogP contribution in [0.3, 0.4) is 0 Å². The predicted molar refractivity (Wildman–Crippen MR) is 159 cm³/mol. The van der Waals surface area contributed by atoms with Crippen molar-refractivity contribution in [2.24, 2.45) is 0 Å². The molecular weight excluding hydrogens is 545 g/mol. The predicted octanol–water partition coefficient (Wildman–Crippen LogP) is 6.00. The van der Waals surface area contributed by atoms with Gasteiger partial charge in [0, 0.05) is 31.7 Å². The third-order valence-corrected chi connectivity index (χ3v) is 7.84. The fraction of sp³-hybridized carbons (Fsp3) is 0.226. The van der Waals surface area contributed by atoms with Crippen LogP contribution in [0.5, 0.6) is 0 Å². The van der Waals surface area contributed by atoms with Gasteiger partial charge in [-0.2, -0.15) is 0 Å². The van der Waals surface area contributed by atoms with Gasteiger partial charge < -0.3 is 14.7 Å². The molecule has 1 aliphatic heterocycles. The first kappa shape index (κ1) is 27.6. The second kappa shape index (κ2) is 12.5. The minimum Gasteiger partial charge on any atom is -0.352 e. The minimum atomic E-state index is -0.317. The van der Waals surface area contributed by atoms with Gasteiger partial charge in [-0.1, -0.05) is 83.9 Å². The van der Waals surface area contributed by atoms with Gasteiger partial charge in [0.1, 0.15) is 6.54 Å². The van der Waals surface area contributed by atoms with Gasteiger partial charge in [0.15, 0.2) is 5.82 Å². The maximum absolute atomic E-state index is 13.6. The lowest BCUT2D eigenvalue weighted by molar-refractivity contribution is -0.132. The number of hydrogen-bond acceptors (Lipinski definition) is 5. The van der Waals surface area contributed by atoms with Gasteiger partial charge in [0.25, 0.3) is 5.91 Å². The van der Waals surface area contributed by atoms with E-state index >= 15 is 0 Å². The van der Waals surface area contributed by atoms with Crippen molar-refractivity contribution in [3.63, 3.8) is 0 Å². The molecule has 0 bridgehead atoms. The van der Waals surface area contributed by atoms with E-state index < -0.39 is 0 Å². The van der Waals surface area contributed by atoms with E-state index in [9.17, 15) is 9.59 Å². The summed E-state index contributed by atoms with van der Waals surface area (Å²) >= 11 is 12.7. The van der Waals surface area contributed by atoms with Gasteiger partial charge in [-0.25, -0.2) is 0 Å². The van der Waals surface area contributed by atoms with Crippen molar-refractivity contribution in [1.82, 2.24) is 20.0 Å². The van der Waals surface area contributed by atoms with Crippen LogP contribution in [-0.4, -0.2) is 64.5 Å². The highest BCUT2D eigenvalue weighted by atomic mass is 35.5. The maximum Gasteiger partial charge on any atom is 0.256 e. The first-order valence-corrected chi connectivity index (χ1v) is 13.9. The summed E-state index contributed by atoms with van der Waals surface area (Å²) < 4.78 is 0. The molecule has 1 saturated heterocycles. The Kier molecular flexibility index (Phi) is 8.63. The molecule has 204 valence electrons. The van der Waals surface area contributed by atoms with Crippen LogP contribution in [0, 0.1) is 0 Å². The molecule has 0 aliphatic carbocycles. The van der Waals surface area contributed by atoms with E-state index in [0.717, 1.165) is 16.9 Å². The molecule has 1 atom stereocenters. The molecule has 0 N–H and O–H groups in total. The number of hydrogen-bond donors (Lipinski definition) is 0. The summed E-state index contributed by atoms with van der Waals surface area (Å²) in [5, 5.41) is 9.77. The van der Waals surface area contributed by atoms with Gasteiger partial charge >= 0.3 is 0 Å². The van der Waals surface area contributed by atoms with Crippen LogP contribution >= 0.6 is 23.2 Å². The monoisotopic (exact) mass is 573 g/mol. The lowest BCUT2D eigenvalue weighted by Crippen LogP contribution is -2.52. The lowest BCUT2D eigenvalue weighted by atomic mass is 10.1. The van der Waals surface area contributed by atoms with Crippen molar-refractivity contribution < 1.29 is 9.59 Å². The summed E-state index contributed by atoms with van der Waals surface area (Å²) in [5.41, 5.74) is 2.86. The van der Waals surface area contributed by atoms with Crippen LogP contribution < -0.4 is 4.90 Å². The lowest BCUT2D eigenvalue weighted by Gasteiger charge is -2.37. The van der Waals surface area contributed by atoms with E-state index in [1.165, 1.54) is 0 Å². The highest BCUT2D eigenvalue weighted by Crippen LogP contribution is 2.27. The molecule has 9 heteroatoms. The molecule has 3 aromatic carbocycles. The zero-order valence-corrected chi connectivity index (χ0v) is 23.6. The number of piperazine rings is 1. The van der Waals surface area contributed by atoms with E-state index in [-0.39, 0.29) is 24.4 Å². The summed E-state index contributed by atoms with van der Waals surface area (Å²) in [7, 11) is 0. The molecule has 5 rings (SSSR count). The molecule has 2 amide bonds. The van der Waals surface area contributed by atoms with Gasteiger partial charge in [0.05, 0.1) is 27.3 Å². The average Bonchev–Trinajstić information content (AvgIpc) is 3.00. The first-order valence-electron chi connectivity index (χ1n) is 13.1. The van der Waals surface area contributed by atoms with Crippen LogP contribution in [0.15, 0.2) is 91.0 Å². The van der Waals surface area contributed by atoms with Crippen molar-refractivity contribution in [2.75, 3.05) is 37.6 Å². The Bertz CT molecular complexity index is 1470. The number of carbonyl (C=O) groups excluding carboxylic acids is 2. The fourth-order valence-corrected chi connectivity index (χ4v) is 5.27. The highest BCUT2D eigenvalue weighted by molar-refractivity contribution is 6.34. The Labute approximate surface area is 243 Å². The van der Waals surface area contributed by atoms with Gasteiger partial charge in [-0.15, -0.1) is 10.2 Å². The Morgan fingerprint density at radius 2 is 1.45 bits per heavy atom. The fourth-order valence-electron chi connectivity index (χ4n) is 4.82. The largest absolute Gasteiger partial charge is 0.352 e. The Balaban J connectivity index is 1.26. The molecular formula is C31H29Cl2N5O2. The molecule has 0 unspecified atom stereocenters. The molecule has 7 nitrogen and oxygen atoms in total. The summed E-state index contributed by atoms with van der Waals surface area (Å²) in [5.74, 6) is 0.363. The van der Waals surface area contributed by atoms with Crippen LogP contribution in [0.2, 0.25) is 10.0 Å². The zero-order valence-electron chi connectivity index (χ0n) is 22.1. The summed E-state index contributed by atoms with van der Waals surface area (Å²) in [6.45, 7) is 4.13. The Hall–Kier alpha value is -3.94. The highest BCUT2D eigenvalue weighted by Gasteiger charge is 2.30. The Morgan fingerprint density at radius 3 is 2.10 bits per heavy atom. The van der Waals surface area contributed by atoms with E-state index in [1.807, 2.05) is 73.7 Å². The van der Waals surface area contributed by atoms with Crippen molar-refractivity contribution >= 4 is 40.8 Å². The second-order valence-corrected chi connectivity index (χ2v) is 10.4. The quantitative estimate of drug-likeness (QED) is 0.271. The zero-order chi connectivity index (χ0) is 28.1. The number of benzene rings is 3. The normalized spacial score (nSPS) is 14.1. The Morgan fingerprint density at radius 1 is 0.800 bits per heavy atom. The number of carbonyl (C=O) groups is 2. The van der Waals surface area contributed by atoms with E-state index in [2.05, 4.69) is 15.1 Å². The third-order valence-electron chi connectivity index (χ3n) is 7.18. The number of aromatic nitrogens is 2. The van der Waals surface area contributed by atoms with Crippen molar-refractivity contribution in [3.8, 4) is 11.3 Å². The van der Waals surface area contributed by atoms with Crippen molar-refractivity contribution in [1.29, 1.82) is 0 Å². The van der Waals surface area contributed by atoms with E-state index in [1.54, 1.807) is 34.1 Å². The molecule has 1 aromatic heterocycles. The molecule has 1 fully saturated rings. The topological polar surface area (TPSA) is 69.6 Å². The van der Waals surface area contributed by atoms with Crippen LogP contribution in [0.25, 0.3) is 11.3 Å². The van der Waals surface area contributed by atoms with Gasteiger partial charge in [-0.3, -0.25) is 9.59 Å². The van der Waals surface area contributed by atoms with E-state index in [0.29, 0.717) is 47.5 Å². The number of anilines is 1. The van der Waals surface area contributed by atoms with Crippen LogP contribution in [-0.2, 0) is 4.79 Å². The SMILES string of the molecule is C[C@@H](c1ccccc1)N(CC(=O)N1CCN(c2ccc(-c3ccccc3Cl)nn2)CC1)C(=O)c1ccccc1Cl. The molecule has 4 aromatic rings. The molecule has 40 heavy (non-hydrogen) atoms. The summed E-state index contributed by atoms with van der Waals surface area (Å²) in [6, 6.07) is 27.7. The summed E-state index contributed by atoms with van der Waals surface area (Å²) in [6.07, 6.45) is 0. The van der Waals surface area contributed by atoms with Gasteiger partial charge in [-0.05, 0) is 42.8 Å². The van der Waals surface area contributed by atoms with Crippen molar-refractivity contribution in [3.05, 3.63) is 112 Å². The molecule has 0 spiro atoms. The maximum atomic E-state index is 13.6. The first-order chi connectivity index (χ1) is 19.4. The molecule has 2 heterocycles. The van der Waals surface area contributed by atoms with Crippen LogP contribution in [0.1, 0.15) is 28.9 Å².